The molecule has 1 aliphatic rings. The molecule has 1 aromatic carbocycles. The maximum atomic E-state index is 4.41. The van der Waals surface area contributed by atoms with Gasteiger partial charge in [0.25, 0.3) is 0 Å². The summed E-state index contributed by atoms with van der Waals surface area (Å²) < 4.78 is 2.09. The molecule has 1 aliphatic heterocycles. The van der Waals surface area contributed by atoms with Gasteiger partial charge in [0.1, 0.15) is 0 Å². The van der Waals surface area contributed by atoms with Crippen LogP contribution in [-0.4, -0.2) is 29.2 Å². The monoisotopic (exact) mass is 256 g/mol. The zero-order valence-corrected chi connectivity index (χ0v) is 11.0. The normalized spacial score (nSPS) is 19.3. The van der Waals surface area contributed by atoms with Gasteiger partial charge < -0.3 is 10.6 Å². The van der Waals surface area contributed by atoms with Crippen molar-refractivity contribution in [2.75, 3.05) is 25.0 Å². The molecule has 0 amide bonds. The van der Waals surface area contributed by atoms with Crippen LogP contribution in [0.3, 0.4) is 0 Å². The molecule has 19 heavy (non-hydrogen) atoms. The van der Waals surface area contributed by atoms with Crippen molar-refractivity contribution in [2.45, 2.75) is 12.8 Å². The number of hydrogen-bond donors (Lipinski definition) is 2. The summed E-state index contributed by atoms with van der Waals surface area (Å²) in [5.74, 6) is 1.63. The summed E-state index contributed by atoms with van der Waals surface area (Å²) in [6, 6.07) is 10.3. The van der Waals surface area contributed by atoms with Crippen LogP contribution in [0.15, 0.2) is 42.7 Å². The van der Waals surface area contributed by atoms with E-state index in [0.717, 1.165) is 31.3 Å². The Labute approximate surface area is 113 Å². The van der Waals surface area contributed by atoms with Crippen LogP contribution in [0, 0.1) is 5.92 Å². The molecular formula is C15H20N4. The third-order valence-corrected chi connectivity index (χ3v) is 3.62. The summed E-state index contributed by atoms with van der Waals surface area (Å²) in [7, 11) is 0. The topological polar surface area (TPSA) is 41.9 Å². The summed E-state index contributed by atoms with van der Waals surface area (Å²) in [5, 5.41) is 6.92. The van der Waals surface area contributed by atoms with E-state index in [2.05, 4.69) is 32.3 Å². The van der Waals surface area contributed by atoms with Crippen molar-refractivity contribution < 1.29 is 0 Å². The number of nitrogens with one attached hydrogen (secondary N) is 2. The second kappa shape index (κ2) is 5.89. The number of rotatable bonds is 4. The average Bonchev–Trinajstić information content (AvgIpc) is 2.95. The van der Waals surface area contributed by atoms with Gasteiger partial charge in [-0.1, -0.05) is 18.2 Å². The van der Waals surface area contributed by atoms with Crippen molar-refractivity contribution >= 4 is 5.95 Å². The van der Waals surface area contributed by atoms with Crippen LogP contribution in [0.1, 0.15) is 12.8 Å². The molecule has 4 heteroatoms. The summed E-state index contributed by atoms with van der Waals surface area (Å²) in [6.07, 6.45) is 6.41. The highest BCUT2D eigenvalue weighted by Gasteiger charge is 2.13. The van der Waals surface area contributed by atoms with Gasteiger partial charge in [-0.3, -0.25) is 4.57 Å². The van der Waals surface area contributed by atoms with E-state index >= 15 is 0 Å². The van der Waals surface area contributed by atoms with Crippen molar-refractivity contribution in [3.8, 4) is 5.69 Å². The standard InChI is InChI=1S/C15H20N4/c1-2-6-14(7-3-1)19-10-9-17-15(19)18-12-13-5-4-8-16-11-13/h1-3,6-7,9-10,13,16H,4-5,8,11-12H2,(H,17,18). The van der Waals surface area contributed by atoms with Gasteiger partial charge in [-0.25, -0.2) is 4.98 Å². The van der Waals surface area contributed by atoms with Crippen LogP contribution < -0.4 is 10.6 Å². The number of para-hydroxylation sites is 1. The Balaban J connectivity index is 1.67. The van der Waals surface area contributed by atoms with Crippen molar-refractivity contribution in [3.63, 3.8) is 0 Å². The lowest BCUT2D eigenvalue weighted by Gasteiger charge is -2.23. The number of hydrogen-bond acceptors (Lipinski definition) is 3. The van der Waals surface area contributed by atoms with Gasteiger partial charge >= 0.3 is 0 Å². The summed E-state index contributed by atoms with van der Waals surface area (Å²) in [4.78, 5) is 4.41. The zero-order valence-electron chi connectivity index (χ0n) is 11.0. The Kier molecular flexibility index (Phi) is 3.79. The van der Waals surface area contributed by atoms with E-state index in [0.29, 0.717) is 5.92 Å². The molecule has 1 unspecified atom stereocenters. The Morgan fingerprint density at radius 3 is 3.00 bits per heavy atom. The van der Waals surface area contributed by atoms with Crippen LogP contribution in [0.4, 0.5) is 5.95 Å². The maximum absolute atomic E-state index is 4.41. The third-order valence-electron chi connectivity index (χ3n) is 3.62. The number of anilines is 1. The summed E-state index contributed by atoms with van der Waals surface area (Å²) in [5.41, 5.74) is 1.14. The van der Waals surface area contributed by atoms with Gasteiger partial charge in [0.05, 0.1) is 0 Å². The molecule has 0 bridgehead atoms. The maximum Gasteiger partial charge on any atom is 0.207 e. The minimum Gasteiger partial charge on any atom is -0.355 e. The van der Waals surface area contributed by atoms with Gasteiger partial charge in [-0.05, 0) is 44.0 Å². The number of imidazole rings is 1. The smallest absolute Gasteiger partial charge is 0.207 e. The molecule has 0 spiro atoms. The molecule has 3 rings (SSSR count). The van der Waals surface area contributed by atoms with Crippen molar-refractivity contribution in [1.29, 1.82) is 0 Å². The lowest BCUT2D eigenvalue weighted by molar-refractivity contribution is 0.392. The number of piperidine rings is 1. The third kappa shape index (κ3) is 2.96. The van der Waals surface area contributed by atoms with Gasteiger partial charge in [-0.15, -0.1) is 0 Å². The lowest BCUT2D eigenvalue weighted by atomic mass is 10.00. The van der Waals surface area contributed by atoms with E-state index in [9.17, 15) is 0 Å². The van der Waals surface area contributed by atoms with Crippen molar-refractivity contribution in [1.82, 2.24) is 14.9 Å². The highest BCUT2D eigenvalue weighted by molar-refractivity contribution is 5.41. The van der Waals surface area contributed by atoms with E-state index in [1.807, 2.05) is 30.6 Å². The molecule has 2 aromatic rings. The molecule has 0 saturated carbocycles. The van der Waals surface area contributed by atoms with E-state index in [4.69, 9.17) is 0 Å². The Bertz CT molecular complexity index is 500. The molecule has 2 N–H and O–H groups in total. The fourth-order valence-electron chi connectivity index (χ4n) is 2.57. The van der Waals surface area contributed by atoms with Crippen LogP contribution in [-0.2, 0) is 0 Å². The highest BCUT2D eigenvalue weighted by Crippen LogP contribution is 2.15. The molecule has 0 aliphatic carbocycles. The summed E-state index contributed by atoms with van der Waals surface area (Å²) in [6.45, 7) is 3.25. The first-order chi connectivity index (χ1) is 9.43. The number of benzene rings is 1. The molecule has 4 nitrogen and oxygen atoms in total. The Hall–Kier alpha value is -1.81. The zero-order chi connectivity index (χ0) is 12.9. The second-order valence-electron chi connectivity index (χ2n) is 5.05. The van der Waals surface area contributed by atoms with Gasteiger partial charge in [-0.2, -0.15) is 0 Å². The van der Waals surface area contributed by atoms with Gasteiger partial charge in [0, 0.05) is 24.6 Å². The van der Waals surface area contributed by atoms with Crippen LogP contribution in [0.25, 0.3) is 5.69 Å². The minimum atomic E-state index is 0.703. The quantitative estimate of drug-likeness (QED) is 0.882. The largest absolute Gasteiger partial charge is 0.355 e. The van der Waals surface area contributed by atoms with E-state index in [1.165, 1.54) is 12.8 Å². The highest BCUT2D eigenvalue weighted by atomic mass is 15.2. The average molecular weight is 256 g/mol. The number of aromatic nitrogens is 2. The lowest BCUT2D eigenvalue weighted by Crippen LogP contribution is -2.33. The van der Waals surface area contributed by atoms with Crippen LogP contribution >= 0.6 is 0 Å². The first kappa shape index (κ1) is 12.2. The first-order valence-corrected chi connectivity index (χ1v) is 6.97. The fraction of sp³-hybridized carbons (Fsp3) is 0.400. The Morgan fingerprint density at radius 1 is 1.32 bits per heavy atom. The molecule has 1 aromatic heterocycles. The van der Waals surface area contributed by atoms with E-state index in [-0.39, 0.29) is 0 Å². The Morgan fingerprint density at radius 2 is 2.21 bits per heavy atom. The van der Waals surface area contributed by atoms with Gasteiger partial charge in [0.15, 0.2) is 0 Å². The summed E-state index contributed by atoms with van der Waals surface area (Å²) >= 11 is 0. The van der Waals surface area contributed by atoms with E-state index < -0.39 is 0 Å². The molecule has 1 saturated heterocycles. The minimum absolute atomic E-state index is 0.703. The molecule has 0 radical (unpaired) electrons. The van der Waals surface area contributed by atoms with Crippen molar-refractivity contribution in [2.24, 2.45) is 5.92 Å². The molecule has 100 valence electrons. The molecular weight excluding hydrogens is 236 g/mol. The first-order valence-electron chi connectivity index (χ1n) is 6.97. The second-order valence-corrected chi connectivity index (χ2v) is 5.05. The van der Waals surface area contributed by atoms with Crippen molar-refractivity contribution in [3.05, 3.63) is 42.7 Å². The number of nitrogens with zero attached hydrogens (tertiary/aromatic N) is 2. The predicted molar refractivity (Wildman–Crippen MR) is 77.6 cm³/mol. The predicted octanol–water partition coefficient (Wildman–Crippen LogP) is 2.28. The van der Waals surface area contributed by atoms with E-state index in [1.54, 1.807) is 0 Å². The SMILES string of the molecule is c1ccc(-n2ccnc2NCC2CCCNC2)cc1. The fourth-order valence-corrected chi connectivity index (χ4v) is 2.57. The van der Waals surface area contributed by atoms with Crippen LogP contribution in [0.5, 0.6) is 0 Å². The molecule has 1 fully saturated rings. The van der Waals surface area contributed by atoms with Crippen LogP contribution in [0.2, 0.25) is 0 Å². The molecule has 1 atom stereocenters. The van der Waals surface area contributed by atoms with Gasteiger partial charge in [0.2, 0.25) is 5.95 Å². The molecule has 2 heterocycles.